The summed E-state index contributed by atoms with van der Waals surface area (Å²) in [4.78, 5) is 15.0. The number of carboxylic acids is 1. The normalized spacial score (nSPS) is 10.7. The highest BCUT2D eigenvalue weighted by Gasteiger charge is 2.12. The van der Waals surface area contributed by atoms with Crippen molar-refractivity contribution in [2.45, 2.75) is 13.8 Å². The lowest BCUT2D eigenvalue weighted by Crippen LogP contribution is -2.00. The maximum Gasteiger partial charge on any atom is 0.338 e. The summed E-state index contributed by atoms with van der Waals surface area (Å²) in [5, 5.41) is 9.76. The Morgan fingerprint density at radius 2 is 2.06 bits per heavy atom. The first-order valence-electron chi connectivity index (χ1n) is 4.80. The Morgan fingerprint density at radius 1 is 1.38 bits per heavy atom. The predicted octanol–water partition coefficient (Wildman–Crippen LogP) is 3.20. The molecule has 0 saturated heterocycles. The summed E-state index contributed by atoms with van der Waals surface area (Å²) in [6, 6.07) is 5.35. The van der Waals surface area contributed by atoms with Crippen LogP contribution in [0.2, 0.25) is 5.15 Å². The lowest BCUT2D eigenvalue weighted by Gasteiger charge is -2.06. The third-order valence-electron chi connectivity index (χ3n) is 2.70. The van der Waals surface area contributed by atoms with Gasteiger partial charge >= 0.3 is 5.97 Å². The third kappa shape index (κ3) is 1.63. The smallest absolute Gasteiger partial charge is 0.338 e. The molecule has 0 amide bonds. The number of carboxylic acid groups (broad SMARTS) is 1. The number of pyridine rings is 1. The molecule has 0 aliphatic rings. The van der Waals surface area contributed by atoms with Crippen LogP contribution in [0, 0.1) is 13.8 Å². The van der Waals surface area contributed by atoms with Crippen molar-refractivity contribution in [3.63, 3.8) is 0 Å². The number of rotatable bonds is 1. The van der Waals surface area contributed by atoms with Gasteiger partial charge in [0.2, 0.25) is 0 Å². The van der Waals surface area contributed by atoms with Crippen LogP contribution in [0.4, 0.5) is 0 Å². The Kier molecular flexibility index (Phi) is 2.56. The maximum absolute atomic E-state index is 10.9. The zero-order valence-corrected chi connectivity index (χ0v) is 9.67. The van der Waals surface area contributed by atoms with Gasteiger partial charge in [-0.2, -0.15) is 0 Å². The van der Waals surface area contributed by atoms with E-state index in [1.165, 1.54) is 0 Å². The molecule has 0 radical (unpaired) electrons. The van der Waals surface area contributed by atoms with Crippen LogP contribution < -0.4 is 0 Å². The molecule has 2 aromatic rings. The van der Waals surface area contributed by atoms with E-state index < -0.39 is 5.97 Å². The van der Waals surface area contributed by atoms with Crippen molar-refractivity contribution in [2.75, 3.05) is 0 Å². The number of aromatic carboxylic acids is 1. The molecule has 1 heterocycles. The first-order chi connectivity index (χ1) is 7.50. The van der Waals surface area contributed by atoms with E-state index in [1.54, 1.807) is 6.07 Å². The summed E-state index contributed by atoms with van der Waals surface area (Å²) < 4.78 is 0. The second-order valence-electron chi connectivity index (χ2n) is 3.71. The minimum absolute atomic E-state index is 0.0358. The second kappa shape index (κ2) is 3.76. The molecule has 82 valence electrons. The van der Waals surface area contributed by atoms with Crippen LogP contribution in [-0.4, -0.2) is 16.1 Å². The minimum atomic E-state index is -1.06. The first kappa shape index (κ1) is 10.9. The Labute approximate surface area is 97.7 Å². The van der Waals surface area contributed by atoms with Crippen molar-refractivity contribution >= 4 is 28.5 Å². The van der Waals surface area contributed by atoms with E-state index in [9.17, 15) is 4.79 Å². The summed E-state index contributed by atoms with van der Waals surface area (Å²) in [6.07, 6.45) is 0. The average molecular weight is 236 g/mol. The molecule has 0 fully saturated rings. The van der Waals surface area contributed by atoms with Crippen LogP contribution in [0.1, 0.15) is 21.5 Å². The highest BCUT2D eigenvalue weighted by Crippen LogP contribution is 2.24. The van der Waals surface area contributed by atoms with Crippen molar-refractivity contribution in [1.82, 2.24) is 4.98 Å². The molecule has 1 aromatic carbocycles. The molecule has 2 rings (SSSR count). The van der Waals surface area contributed by atoms with Crippen LogP contribution in [0.25, 0.3) is 10.9 Å². The molecule has 0 aliphatic heterocycles. The largest absolute Gasteiger partial charge is 0.478 e. The minimum Gasteiger partial charge on any atom is -0.478 e. The Balaban J connectivity index is 2.84. The molecule has 4 heteroatoms. The van der Waals surface area contributed by atoms with Crippen molar-refractivity contribution in [2.24, 2.45) is 0 Å². The van der Waals surface area contributed by atoms with E-state index >= 15 is 0 Å². The van der Waals surface area contributed by atoms with Crippen LogP contribution in [0.15, 0.2) is 18.2 Å². The molecule has 16 heavy (non-hydrogen) atoms. The topological polar surface area (TPSA) is 50.2 Å². The van der Waals surface area contributed by atoms with E-state index in [2.05, 4.69) is 4.98 Å². The quantitative estimate of drug-likeness (QED) is 0.773. The Morgan fingerprint density at radius 3 is 2.69 bits per heavy atom. The van der Waals surface area contributed by atoms with Crippen molar-refractivity contribution in [1.29, 1.82) is 0 Å². The summed E-state index contributed by atoms with van der Waals surface area (Å²) >= 11 is 5.83. The van der Waals surface area contributed by atoms with Crippen LogP contribution >= 0.6 is 11.6 Å². The molecule has 0 unspecified atom stereocenters. The molecule has 3 nitrogen and oxygen atoms in total. The number of benzene rings is 1. The number of fused-ring (bicyclic) bond motifs is 1. The van der Waals surface area contributed by atoms with Gasteiger partial charge in [0.1, 0.15) is 5.15 Å². The molecule has 0 atom stereocenters. The number of aromatic nitrogens is 1. The van der Waals surface area contributed by atoms with Gasteiger partial charge in [-0.15, -0.1) is 0 Å². The Hall–Kier alpha value is -1.61. The van der Waals surface area contributed by atoms with Crippen LogP contribution in [0.5, 0.6) is 0 Å². The van der Waals surface area contributed by atoms with Gasteiger partial charge in [-0.25, -0.2) is 9.78 Å². The molecule has 0 bridgehead atoms. The lowest BCUT2D eigenvalue weighted by atomic mass is 10.0. The van der Waals surface area contributed by atoms with Gasteiger partial charge in [-0.3, -0.25) is 0 Å². The second-order valence-corrected chi connectivity index (χ2v) is 4.07. The van der Waals surface area contributed by atoms with E-state index in [-0.39, 0.29) is 10.7 Å². The highest BCUT2D eigenvalue weighted by atomic mass is 35.5. The van der Waals surface area contributed by atoms with Gasteiger partial charge in [-0.05, 0) is 31.0 Å². The van der Waals surface area contributed by atoms with E-state index in [0.29, 0.717) is 0 Å². The number of aryl methyl sites for hydroxylation is 2. The van der Waals surface area contributed by atoms with Gasteiger partial charge in [0.05, 0.1) is 11.1 Å². The number of hydrogen-bond acceptors (Lipinski definition) is 2. The predicted molar refractivity (Wildman–Crippen MR) is 63.2 cm³/mol. The molecule has 1 aromatic heterocycles. The van der Waals surface area contributed by atoms with Gasteiger partial charge in [-0.1, -0.05) is 23.7 Å². The van der Waals surface area contributed by atoms with Gasteiger partial charge in [0.15, 0.2) is 0 Å². The molecule has 0 spiro atoms. The zero-order valence-electron chi connectivity index (χ0n) is 8.91. The van der Waals surface area contributed by atoms with E-state index in [1.807, 2.05) is 26.0 Å². The van der Waals surface area contributed by atoms with E-state index in [0.717, 1.165) is 22.0 Å². The van der Waals surface area contributed by atoms with Gasteiger partial charge in [0, 0.05) is 5.39 Å². The van der Waals surface area contributed by atoms with Gasteiger partial charge < -0.3 is 5.11 Å². The fourth-order valence-corrected chi connectivity index (χ4v) is 1.83. The molecular formula is C12H10ClNO2. The van der Waals surface area contributed by atoms with E-state index in [4.69, 9.17) is 16.7 Å². The fraction of sp³-hybridized carbons (Fsp3) is 0.167. The van der Waals surface area contributed by atoms with Crippen LogP contribution in [0.3, 0.4) is 0 Å². The number of halogens is 1. The molecule has 1 N–H and O–H groups in total. The molecule has 0 saturated carbocycles. The fourth-order valence-electron chi connectivity index (χ4n) is 1.61. The summed E-state index contributed by atoms with van der Waals surface area (Å²) in [6.45, 7) is 3.93. The SMILES string of the molecule is Cc1ccc2cc(C(=O)O)c(Cl)nc2c1C. The monoisotopic (exact) mass is 235 g/mol. The van der Waals surface area contributed by atoms with Gasteiger partial charge in [0.25, 0.3) is 0 Å². The lowest BCUT2D eigenvalue weighted by molar-refractivity contribution is 0.0697. The Bertz CT molecular complexity index is 593. The summed E-state index contributed by atoms with van der Waals surface area (Å²) in [5.74, 6) is -1.06. The summed E-state index contributed by atoms with van der Waals surface area (Å²) in [5.41, 5.74) is 2.93. The van der Waals surface area contributed by atoms with Crippen molar-refractivity contribution in [3.05, 3.63) is 40.0 Å². The standard InChI is InChI=1S/C12H10ClNO2/c1-6-3-4-8-5-9(12(15)16)11(13)14-10(8)7(6)2/h3-5H,1-2H3,(H,15,16). The first-order valence-corrected chi connectivity index (χ1v) is 5.18. The van der Waals surface area contributed by atoms with Crippen molar-refractivity contribution in [3.8, 4) is 0 Å². The number of hydrogen-bond donors (Lipinski definition) is 1. The number of carbonyl (C=O) groups is 1. The third-order valence-corrected chi connectivity index (χ3v) is 2.98. The highest BCUT2D eigenvalue weighted by molar-refractivity contribution is 6.32. The maximum atomic E-state index is 10.9. The van der Waals surface area contributed by atoms with Crippen molar-refractivity contribution < 1.29 is 9.90 Å². The molecular weight excluding hydrogens is 226 g/mol. The zero-order chi connectivity index (χ0) is 11.9. The molecule has 0 aliphatic carbocycles. The summed E-state index contributed by atoms with van der Waals surface area (Å²) in [7, 11) is 0. The average Bonchev–Trinajstić information content (AvgIpc) is 2.23. The number of nitrogens with zero attached hydrogens (tertiary/aromatic N) is 1. The van der Waals surface area contributed by atoms with Crippen LogP contribution in [-0.2, 0) is 0 Å².